The van der Waals surface area contributed by atoms with Gasteiger partial charge in [0.25, 0.3) is 5.91 Å². The molecule has 0 radical (unpaired) electrons. The molecule has 0 bridgehead atoms. The van der Waals surface area contributed by atoms with Crippen LogP contribution in [0.1, 0.15) is 27.4 Å². The van der Waals surface area contributed by atoms with Crippen molar-refractivity contribution in [1.82, 2.24) is 14.9 Å². The number of nitrogens with one attached hydrogen (secondary N) is 1. The van der Waals surface area contributed by atoms with Gasteiger partial charge in [0, 0.05) is 24.0 Å². The van der Waals surface area contributed by atoms with Crippen molar-refractivity contribution < 1.29 is 4.79 Å². The van der Waals surface area contributed by atoms with E-state index in [0.717, 1.165) is 35.6 Å². The first kappa shape index (κ1) is 11.0. The van der Waals surface area contributed by atoms with Gasteiger partial charge in [0.2, 0.25) is 0 Å². The number of fused-ring (bicyclic) bond motifs is 1. The SMILES string of the molecule is Cc1cnc(CN2CCc3ccccc3C2=O)[nH]1. The molecule has 0 aliphatic carbocycles. The van der Waals surface area contributed by atoms with Crippen LogP contribution in [-0.4, -0.2) is 27.3 Å². The fraction of sp³-hybridized carbons (Fsp3) is 0.286. The summed E-state index contributed by atoms with van der Waals surface area (Å²) in [6.45, 7) is 3.28. The fourth-order valence-corrected chi connectivity index (χ4v) is 2.35. The summed E-state index contributed by atoms with van der Waals surface area (Å²) in [6.07, 6.45) is 2.71. The Morgan fingerprint density at radius 3 is 3.00 bits per heavy atom. The van der Waals surface area contributed by atoms with Crippen LogP contribution >= 0.6 is 0 Å². The number of hydrogen-bond donors (Lipinski definition) is 1. The van der Waals surface area contributed by atoms with E-state index in [9.17, 15) is 4.79 Å². The summed E-state index contributed by atoms with van der Waals surface area (Å²) in [4.78, 5) is 21.6. The fourth-order valence-electron chi connectivity index (χ4n) is 2.35. The number of hydrogen-bond acceptors (Lipinski definition) is 2. The molecule has 18 heavy (non-hydrogen) atoms. The third kappa shape index (κ3) is 1.90. The number of H-pyrrole nitrogens is 1. The molecular weight excluding hydrogens is 226 g/mol. The van der Waals surface area contributed by atoms with Gasteiger partial charge in [-0.1, -0.05) is 18.2 Å². The normalized spacial score (nSPS) is 14.7. The minimum absolute atomic E-state index is 0.103. The number of carbonyl (C=O) groups is 1. The Bertz CT molecular complexity index is 588. The van der Waals surface area contributed by atoms with Crippen molar-refractivity contribution in [1.29, 1.82) is 0 Å². The van der Waals surface area contributed by atoms with E-state index in [0.29, 0.717) is 6.54 Å². The van der Waals surface area contributed by atoms with Crippen molar-refractivity contribution in [2.75, 3.05) is 6.54 Å². The third-order valence-corrected chi connectivity index (χ3v) is 3.28. The Morgan fingerprint density at radius 2 is 2.22 bits per heavy atom. The maximum absolute atomic E-state index is 12.3. The van der Waals surface area contributed by atoms with Crippen LogP contribution in [0.15, 0.2) is 30.5 Å². The molecule has 92 valence electrons. The summed E-state index contributed by atoms with van der Waals surface area (Å²) in [6, 6.07) is 7.83. The molecule has 0 spiro atoms. The number of aromatic nitrogens is 2. The molecule has 0 fully saturated rings. The summed E-state index contributed by atoms with van der Waals surface area (Å²) in [5, 5.41) is 0. The number of aryl methyl sites for hydroxylation is 1. The van der Waals surface area contributed by atoms with Crippen molar-refractivity contribution in [2.24, 2.45) is 0 Å². The molecule has 1 aliphatic rings. The van der Waals surface area contributed by atoms with Gasteiger partial charge in [0.1, 0.15) is 5.82 Å². The predicted molar refractivity (Wildman–Crippen MR) is 68.2 cm³/mol. The van der Waals surface area contributed by atoms with Gasteiger partial charge in [0.05, 0.1) is 6.54 Å². The van der Waals surface area contributed by atoms with Crippen molar-refractivity contribution in [3.8, 4) is 0 Å². The number of carbonyl (C=O) groups excluding carboxylic acids is 1. The van der Waals surface area contributed by atoms with E-state index < -0.39 is 0 Å². The van der Waals surface area contributed by atoms with Gasteiger partial charge in [0.15, 0.2) is 0 Å². The molecule has 0 atom stereocenters. The molecule has 2 aromatic rings. The molecule has 2 heterocycles. The first-order chi connectivity index (χ1) is 8.74. The average molecular weight is 241 g/mol. The lowest BCUT2D eigenvalue weighted by Crippen LogP contribution is -2.37. The van der Waals surface area contributed by atoms with Crippen LogP contribution in [0.4, 0.5) is 0 Å². The molecule has 1 aromatic heterocycles. The quantitative estimate of drug-likeness (QED) is 0.873. The maximum atomic E-state index is 12.3. The van der Waals surface area contributed by atoms with E-state index in [4.69, 9.17) is 0 Å². The van der Waals surface area contributed by atoms with Gasteiger partial charge in [-0.05, 0) is 25.0 Å². The van der Waals surface area contributed by atoms with Crippen LogP contribution in [-0.2, 0) is 13.0 Å². The van der Waals surface area contributed by atoms with Gasteiger partial charge < -0.3 is 9.88 Å². The van der Waals surface area contributed by atoms with Crippen molar-refractivity contribution in [2.45, 2.75) is 19.9 Å². The number of aromatic amines is 1. The van der Waals surface area contributed by atoms with Crippen molar-refractivity contribution in [3.63, 3.8) is 0 Å². The Kier molecular flexibility index (Phi) is 2.63. The summed E-state index contributed by atoms with van der Waals surface area (Å²) in [7, 11) is 0. The lowest BCUT2D eigenvalue weighted by molar-refractivity contribution is 0.0723. The van der Waals surface area contributed by atoms with Gasteiger partial charge in [-0.3, -0.25) is 4.79 Å². The summed E-state index contributed by atoms with van der Waals surface area (Å²) < 4.78 is 0. The molecule has 1 aliphatic heterocycles. The standard InChI is InChI=1S/C14H15N3O/c1-10-8-15-13(16-10)9-17-7-6-11-4-2-3-5-12(11)14(17)18/h2-5,8H,6-7,9H2,1H3,(H,15,16). The number of imidazole rings is 1. The van der Waals surface area contributed by atoms with Crippen LogP contribution in [0.5, 0.6) is 0 Å². The minimum Gasteiger partial charge on any atom is -0.345 e. The maximum Gasteiger partial charge on any atom is 0.254 e. The Balaban J connectivity index is 1.82. The van der Waals surface area contributed by atoms with Gasteiger partial charge in [-0.2, -0.15) is 0 Å². The summed E-state index contributed by atoms with van der Waals surface area (Å²) in [5.41, 5.74) is 3.00. The number of benzene rings is 1. The lowest BCUT2D eigenvalue weighted by atomic mass is 9.99. The highest BCUT2D eigenvalue weighted by Gasteiger charge is 2.24. The number of amides is 1. The molecule has 1 amide bonds. The number of nitrogens with zero attached hydrogens (tertiary/aromatic N) is 2. The average Bonchev–Trinajstić information content (AvgIpc) is 2.79. The highest BCUT2D eigenvalue weighted by Crippen LogP contribution is 2.19. The van der Waals surface area contributed by atoms with Crippen LogP contribution in [0, 0.1) is 6.92 Å². The van der Waals surface area contributed by atoms with Gasteiger partial charge in [-0.15, -0.1) is 0 Å². The summed E-state index contributed by atoms with van der Waals surface area (Å²) >= 11 is 0. The van der Waals surface area contributed by atoms with E-state index in [1.54, 1.807) is 6.20 Å². The van der Waals surface area contributed by atoms with E-state index in [2.05, 4.69) is 9.97 Å². The van der Waals surface area contributed by atoms with E-state index in [1.165, 1.54) is 0 Å². The molecule has 4 nitrogen and oxygen atoms in total. The molecule has 1 aromatic carbocycles. The monoisotopic (exact) mass is 241 g/mol. The predicted octanol–water partition coefficient (Wildman–Crippen LogP) is 1.92. The zero-order valence-corrected chi connectivity index (χ0v) is 10.3. The van der Waals surface area contributed by atoms with E-state index >= 15 is 0 Å². The first-order valence-electron chi connectivity index (χ1n) is 6.12. The summed E-state index contributed by atoms with van der Waals surface area (Å²) in [5.74, 6) is 0.950. The smallest absolute Gasteiger partial charge is 0.254 e. The van der Waals surface area contributed by atoms with Gasteiger partial charge in [-0.25, -0.2) is 4.98 Å². The third-order valence-electron chi connectivity index (χ3n) is 3.28. The molecule has 0 unspecified atom stereocenters. The second kappa shape index (κ2) is 4.29. The van der Waals surface area contributed by atoms with Crippen LogP contribution in [0.25, 0.3) is 0 Å². The molecule has 4 heteroatoms. The Morgan fingerprint density at radius 1 is 1.39 bits per heavy atom. The molecule has 3 rings (SSSR count). The van der Waals surface area contributed by atoms with Crippen molar-refractivity contribution in [3.05, 3.63) is 53.1 Å². The van der Waals surface area contributed by atoms with Gasteiger partial charge >= 0.3 is 0 Å². The Hall–Kier alpha value is -2.10. The second-order valence-corrected chi connectivity index (χ2v) is 4.65. The zero-order valence-electron chi connectivity index (χ0n) is 10.3. The molecular formula is C14H15N3O. The molecule has 0 saturated carbocycles. The lowest BCUT2D eigenvalue weighted by Gasteiger charge is -2.27. The Labute approximate surface area is 106 Å². The molecule has 1 N–H and O–H groups in total. The van der Waals surface area contributed by atoms with E-state index in [-0.39, 0.29) is 5.91 Å². The van der Waals surface area contributed by atoms with Crippen LogP contribution in [0.3, 0.4) is 0 Å². The highest BCUT2D eigenvalue weighted by atomic mass is 16.2. The minimum atomic E-state index is 0.103. The topological polar surface area (TPSA) is 49.0 Å². The second-order valence-electron chi connectivity index (χ2n) is 4.65. The van der Waals surface area contributed by atoms with E-state index in [1.807, 2.05) is 36.1 Å². The highest BCUT2D eigenvalue weighted by molar-refractivity contribution is 5.96. The van der Waals surface area contributed by atoms with Crippen molar-refractivity contribution >= 4 is 5.91 Å². The van der Waals surface area contributed by atoms with Crippen LogP contribution < -0.4 is 0 Å². The van der Waals surface area contributed by atoms with Crippen LogP contribution in [0.2, 0.25) is 0 Å². The molecule has 0 saturated heterocycles. The first-order valence-corrected chi connectivity index (χ1v) is 6.12. The zero-order chi connectivity index (χ0) is 12.5. The largest absolute Gasteiger partial charge is 0.345 e. The number of rotatable bonds is 2.